The van der Waals surface area contributed by atoms with Gasteiger partial charge in [-0.2, -0.15) is 0 Å². The third-order valence-electron chi connectivity index (χ3n) is 2.85. The lowest BCUT2D eigenvalue weighted by atomic mass is 10.1. The van der Waals surface area contributed by atoms with Gasteiger partial charge in [0.15, 0.2) is 0 Å². The lowest BCUT2D eigenvalue weighted by Gasteiger charge is -2.27. The first-order chi connectivity index (χ1) is 9.33. The summed E-state index contributed by atoms with van der Waals surface area (Å²) in [5.74, 6) is -1.62. The van der Waals surface area contributed by atoms with Crippen molar-refractivity contribution in [2.24, 2.45) is 0 Å². The molecule has 0 unspecified atom stereocenters. The maximum atomic E-state index is 12.1. The molecule has 0 radical (unpaired) electrons. The van der Waals surface area contributed by atoms with Gasteiger partial charge in [0.1, 0.15) is 12.6 Å². The molecule has 0 heterocycles. The normalized spacial score (nSPS) is 11.8. The molecule has 0 fully saturated rings. The molecule has 0 saturated carbocycles. The predicted molar refractivity (Wildman–Crippen MR) is 73.3 cm³/mol. The van der Waals surface area contributed by atoms with Crippen LogP contribution in [0.2, 0.25) is 0 Å². The maximum absolute atomic E-state index is 12.1. The SMILES string of the molecule is CCCC[C@H](NC(=O)N(CC(=O)OC)C(C)C)C(=O)O. The number of nitrogens with zero attached hydrogens (tertiary/aromatic N) is 1. The first-order valence-electron chi connectivity index (χ1n) is 6.70. The van der Waals surface area contributed by atoms with Crippen molar-refractivity contribution < 1.29 is 24.2 Å². The number of esters is 1. The van der Waals surface area contributed by atoms with Crippen molar-refractivity contribution >= 4 is 18.0 Å². The van der Waals surface area contributed by atoms with Crippen LogP contribution in [0.1, 0.15) is 40.0 Å². The van der Waals surface area contributed by atoms with E-state index in [1.165, 1.54) is 12.0 Å². The highest BCUT2D eigenvalue weighted by atomic mass is 16.5. The van der Waals surface area contributed by atoms with Crippen LogP contribution in [-0.2, 0) is 14.3 Å². The number of nitrogens with one attached hydrogen (secondary N) is 1. The number of hydrogen-bond donors (Lipinski definition) is 2. The zero-order valence-electron chi connectivity index (χ0n) is 12.5. The molecule has 0 aromatic rings. The lowest BCUT2D eigenvalue weighted by molar-refractivity contribution is -0.141. The van der Waals surface area contributed by atoms with E-state index in [0.29, 0.717) is 12.8 Å². The first-order valence-corrected chi connectivity index (χ1v) is 6.70. The Morgan fingerprint density at radius 2 is 1.90 bits per heavy atom. The van der Waals surface area contributed by atoms with Crippen LogP contribution in [0.4, 0.5) is 4.79 Å². The third kappa shape index (κ3) is 6.40. The number of ether oxygens (including phenoxy) is 1. The number of amides is 2. The summed E-state index contributed by atoms with van der Waals surface area (Å²) in [6.45, 7) is 5.22. The molecule has 2 amide bonds. The number of unbranched alkanes of at least 4 members (excludes halogenated alkanes) is 1. The highest BCUT2D eigenvalue weighted by Crippen LogP contribution is 2.05. The van der Waals surface area contributed by atoms with Gasteiger partial charge in [-0.25, -0.2) is 9.59 Å². The third-order valence-corrected chi connectivity index (χ3v) is 2.85. The van der Waals surface area contributed by atoms with Gasteiger partial charge in [-0.15, -0.1) is 0 Å². The van der Waals surface area contributed by atoms with Gasteiger partial charge < -0.3 is 20.1 Å². The van der Waals surface area contributed by atoms with E-state index in [4.69, 9.17) is 5.11 Å². The largest absolute Gasteiger partial charge is 0.480 e. The summed E-state index contributed by atoms with van der Waals surface area (Å²) in [4.78, 5) is 35.7. The zero-order chi connectivity index (χ0) is 15.7. The molecule has 0 bridgehead atoms. The number of carboxylic acid groups (broad SMARTS) is 1. The number of carboxylic acids is 1. The van der Waals surface area contributed by atoms with Gasteiger partial charge in [-0.05, 0) is 20.3 Å². The summed E-state index contributed by atoms with van der Waals surface area (Å²) >= 11 is 0. The first kappa shape index (κ1) is 18.2. The standard InChI is InChI=1S/C13H24N2O5/c1-5-6-7-10(12(17)18)14-13(19)15(9(2)3)8-11(16)20-4/h9-10H,5-8H2,1-4H3,(H,14,19)(H,17,18)/t10-/m0/s1. The Kier molecular flexibility index (Phi) is 8.35. The fraction of sp³-hybridized carbons (Fsp3) is 0.769. The fourth-order valence-corrected chi connectivity index (χ4v) is 1.59. The molecule has 0 aliphatic heterocycles. The number of rotatable bonds is 8. The van der Waals surface area contributed by atoms with E-state index in [1.54, 1.807) is 13.8 Å². The van der Waals surface area contributed by atoms with Crippen molar-refractivity contribution in [3.05, 3.63) is 0 Å². The van der Waals surface area contributed by atoms with Crippen molar-refractivity contribution in [1.82, 2.24) is 10.2 Å². The Balaban J connectivity index is 4.70. The van der Waals surface area contributed by atoms with E-state index >= 15 is 0 Å². The second-order valence-electron chi connectivity index (χ2n) is 4.78. The number of urea groups is 1. The Bertz CT molecular complexity index is 344. The van der Waals surface area contributed by atoms with E-state index in [2.05, 4.69) is 10.1 Å². The van der Waals surface area contributed by atoms with Crippen LogP contribution in [0.3, 0.4) is 0 Å². The highest BCUT2D eigenvalue weighted by molar-refractivity contribution is 5.85. The highest BCUT2D eigenvalue weighted by Gasteiger charge is 2.25. The van der Waals surface area contributed by atoms with Gasteiger partial charge >= 0.3 is 18.0 Å². The monoisotopic (exact) mass is 288 g/mol. The van der Waals surface area contributed by atoms with E-state index in [-0.39, 0.29) is 12.6 Å². The van der Waals surface area contributed by atoms with Gasteiger partial charge in [-0.1, -0.05) is 19.8 Å². The molecule has 7 nitrogen and oxygen atoms in total. The Hall–Kier alpha value is -1.79. The summed E-state index contributed by atoms with van der Waals surface area (Å²) in [5, 5.41) is 11.5. The van der Waals surface area contributed by atoms with Crippen LogP contribution in [-0.4, -0.2) is 53.7 Å². The Labute approximate surface area is 119 Å². The lowest BCUT2D eigenvalue weighted by Crippen LogP contribution is -2.51. The van der Waals surface area contributed by atoms with Crippen LogP contribution in [0.15, 0.2) is 0 Å². The fourth-order valence-electron chi connectivity index (χ4n) is 1.59. The van der Waals surface area contributed by atoms with Gasteiger partial charge in [0.2, 0.25) is 0 Å². The second-order valence-corrected chi connectivity index (χ2v) is 4.78. The Morgan fingerprint density at radius 1 is 1.30 bits per heavy atom. The molecular weight excluding hydrogens is 264 g/mol. The molecule has 0 spiro atoms. The number of hydrogen-bond acceptors (Lipinski definition) is 4. The minimum absolute atomic E-state index is 0.208. The van der Waals surface area contributed by atoms with Crippen LogP contribution in [0.5, 0.6) is 0 Å². The van der Waals surface area contributed by atoms with Crippen molar-refractivity contribution in [2.45, 2.75) is 52.1 Å². The summed E-state index contributed by atoms with van der Waals surface area (Å²) < 4.78 is 4.52. The predicted octanol–water partition coefficient (Wildman–Crippen LogP) is 1.22. The second kappa shape index (κ2) is 9.17. The van der Waals surface area contributed by atoms with Crippen LogP contribution >= 0.6 is 0 Å². The molecule has 20 heavy (non-hydrogen) atoms. The smallest absolute Gasteiger partial charge is 0.326 e. The number of carbonyl (C=O) groups excluding carboxylic acids is 2. The van der Waals surface area contributed by atoms with E-state index in [1.807, 2.05) is 6.92 Å². The molecule has 0 rings (SSSR count). The molecule has 7 heteroatoms. The Morgan fingerprint density at radius 3 is 2.30 bits per heavy atom. The minimum atomic E-state index is -1.08. The van der Waals surface area contributed by atoms with Crippen LogP contribution in [0.25, 0.3) is 0 Å². The average Bonchev–Trinajstić information content (AvgIpc) is 2.39. The van der Waals surface area contributed by atoms with E-state index < -0.39 is 24.0 Å². The molecule has 0 aliphatic carbocycles. The van der Waals surface area contributed by atoms with E-state index in [9.17, 15) is 14.4 Å². The van der Waals surface area contributed by atoms with Gasteiger partial charge in [0.25, 0.3) is 0 Å². The summed E-state index contributed by atoms with van der Waals surface area (Å²) in [6, 6.07) is -1.76. The molecule has 0 aromatic carbocycles. The molecule has 116 valence electrons. The number of aliphatic carboxylic acids is 1. The zero-order valence-corrected chi connectivity index (χ0v) is 12.5. The van der Waals surface area contributed by atoms with Crippen LogP contribution < -0.4 is 5.32 Å². The molecule has 0 saturated heterocycles. The molecule has 0 aliphatic rings. The number of carbonyl (C=O) groups is 3. The topological polar surface area (TPSA) is 95.9 Å². The van der Waals surface area contributed by atoms with Crippen molar-refractivity contribution in [3.8, 4) is 0 Å². The molecular formula is C13H24N2O5. The minimum Gasteiger partial charge on any atom is -0.480 e. The van der Waals surface area contributed by atoms with Gasteiger partial charge in [0.05, 0.1) is 7.11 Å². The summed E-state index contributed by atoms with van der Waals surface area (Å²) in [6.07, 6.45) is 1.91. The summed E-state index contributed by atoms with van der Waals surface area (Å²) in [5.41, 5.74) is 0. The number of methoxy groups -OCH3 is 1. The van der Waals surface area contributed by atoms with E-state index in [0.717, 1.165) is 6.42 Å². The summed E-state index contributed by atoms with van der Waals surface area (Å²) in [7, 11) is 1.24. The van der Waals surface area contributed by atoms with Gasteiger partial charge in [0, 0.05) is 6.04 Å². The average molecular weight is 288 g/mol. The van der Waals surface area contributed by atoms with Gasteiger partial charge in [-0.3, -0.25) is 4.79 Å². The maximum Gasteiger partial charge on any atom is 0.326 e. The van der Waals surface area contributed by atoms with Crippen molar-refractivity contribution in [2.75, 3.05) is 13.7 Å². The van der Waals surface area contributed by atoms with Crippen LogP contribution in [0, 0.1) is 0 Å². The molecule has 2 N–H and O–H groups in total. The quantitative estimate of drug-likeness (QED) is 0.655. The van der Waals surface area contributed by atoms with Crippen molar-refractivity contribution in [3.63, 3.8) is 0 Å². The molecule has 1 atom stereocenters. The molecule has 0 aromatic heterocycles. The van der Waals surface area contributed by atoms with Crippen molar-refractivity contribution in [1.29, 1.82) is 0 Å².